The number of fused-ring (bicyclic) bond motifs is 2. The van der Waals surface area contributed by atoms with Crippen LogP contribution in [0.5, 0.6) is 0 Å². The molecule has 0 radical (unpaired) electrons. The molecule has 2 aliphatic carbocycles. The van der Waals surface area contributed by atoms with Gasteiger partial charge in [0, 0.05) is 103 Å². The Bertz CT molecular complexity index is 4680. The van der Waals surface area contributed by atoms with Crippen LogP contribution in [0.25, 0.3) is 53.4 Å². The van der Waals surface area contributed by atoms with Crippen LogP contribution in [-0.4, -0.2) is 139 Å². The normalized spacial score (nSPS) is 18.0. The minimum atomic E-state index is -0.607. The monoisotopic (exact) mass is 1490 g/mol. The number of pyridine rings is 3. The number of carbonyl (C=O) groups is 5. The second-order valence-corrected chi connectivity index (χ2v) is 32.3. The fourth-order valence-corrected chi connectivity index (χ4v) is 15.6. The molecule has 5 amide bonds. The summed E-state index contributed by atoms with van der Waals surface area (Å²) in [4.78, 5) is 112. The van der Waals surface area contributed by atoms with Gasteiger partial charge in [-0.15, -0.1) is 46.4 Å². The summed E-state index contributed by atoms with van der Waals surface area (Å²) in [7, 11) is 5.12. The number of nitrogens with zero attached hydrogens (tertiary/aromatic N) is 10. The number of rotatable bonds is 12. The van der Waals surface area contributed by atoms with Crippen molar-refractivity contribution in [3.63, 3.8) is 0 Å². The number of ether oxygens (including phenoxy) is 3. The van der Waals surface area contributed by atoms with Crippen molar-refractivity contribution in [3.05, 3.63) is 155 Å². The smallest absolute Gasteiger partial charge is 0.415 e. The molecule has 24 nitrogen and oxygen atoms in total. The van der Waals surface area contributed by atoms with Gasteiger partial charge >= 0.3 is 24.4 Å². The molecule has 0 unspecified atom stereocenters. The number of likely N-dealkylation sites (tertiary alicyclic amines) is 1. The first kappa shape index (κ1) is 76.7. The van der Waals surface area contributed by atoms with E-state index < -0.39 is 29.0 Å². The second-order valence-electron chi connectivity index (χ2n) is 29.2. The molecule has 4 fully saturated rings. The van der Waals surface area contributed by atoms with Gasteiger partial charge in [-0.05, 0) is 215 Å². The molecule has 2 saturated heterocycles. The van der Waals surface area contributed by atoms with Gasteiger partial charge in [0.2, 0.25) is 11.9 Å². The summed E-state index contributed by atoms with van der Waals surface area (Å²) >= 11 is 4.49. The number of nitrogens with one attached hydrogen (secondary N) is 4. The van der Waals surface area contributed by atoms with Gasteiger partial charge in [-0.2, -0.15) is 9.59 Å². The van der Waals surface area contributed by atoms with E-state index in [-0.39, 0.29) is 47.9 Å². The van der Waals surface area contributed by atoms with Gasteiger partial charge < -0.3 is 38.9 Å². The maximum absolute atomic E-state index is 13.5. The minimum Gasteiger partial charge on any atom is -0.444 e. The third kappa shape index (κ3) is 18.4. The minimum absolute atomic E-state index is 0. The topological polar surface area (TPSA) is 279 Å². The highest BCUT2D eigenvalue weighted by molar-refractivity contribution is 7.18. The van der Waals surface area contributed by atoms with Crippen LogP contribution >= 0.6 is 46.4 Å². The maximum Gasteiger partial charge on any atom is 0.415 e. The molecular weight excluding hydrogens is 1400 g/mol. The maximum atomic E-state index is 13.5. The molecule has 28 heteroatoms. The fraction of sp³-hybridized carbons (Fsp3) is 0.382. The van der Waals surface area contributed by atoms with Crippen molar-refractivity contribution < 1.29 is 47.8 Å². The van der Waals surface area contributed by atoms with Crippen molar-refractivity contribution in [2.75, 3.05) is 73.1 Å². The number of hydrogen-bond acceptors (Lipinski definition) is 20. The molecule has 10 aromatic rings. The first-order valence-electron chi connectivity index (χ1n) is 34.0. The molecule has 2 spiro atoms. The number of para-hydroxylation sites is 4. The zero-order chi connectivity index (χ0) is 73.6. The van der Waals surface area contributed by atoms with Gasteiger partial charge in [-0.1, -0.05) is 30.3 Å². The highest BCUT2D eigenvalue weighted by atomic mass is 35.5. The van der Waals surface area contributed by atoms with E-state index in [1.54, 1.807) is 50.0 Å². The zero-order valence-corrected chi connectivity index (χ0v) is 63.5. The van der Waals surface area contributed by atoms with Crippen LogP contribution in [-0.2, 0) is 23.8 Å². The number of imidazole rings is 2. The van der Waals surface area contributed by atoms with Crippen LogP contribution < -0.4 is 31.1 Å². The lowest BCUT2D eigenvalue weighted by Crippen LogP contribution is -2.43. The molecule has 8 aromatic heterocycles. The Kier molecular flexibility index (Phi) is 23.6. The quantitative estimate of drug-likeness (QED) is 0.0827. The van der Waals surface area contributed by atoms with Crippen molar-refractivity contribution in [2.24, 2.45) is 10.8 Å². The van der Waals surface area contributed by atoms with E-state index in [2.05, 4.69) is 51.4 Å². The molecule has 104 heavy (non-hydrogen) atoms. The Labute approximate surface area is 622 Å². The molecule has 2 aliphatic heterocycles. The Morgan fingerprint density at radius 2 is 1.03 bits per heavy atom. The van der Waals surface area contributed by atoms with E-state index in [1.807, 2.05) is 189 Å². The van der Waals surface area contributed by atoms with Crippen molar-refractivity contribution in [1.29, 1.82) is 0 Å². The van der Waals surface area contributed by atoms with Crippen molar-refractivity contribution >= 4 is 134 Å². The van der Waals surface area contributed by atoms with Crippen molar-refractivity contribution in [3.8, 4) is 31.3 Å². The summed E-state index contributed by atoms with van der Waals surface area (Å²) in [5, 5.41) is 14.7. The Balaban J connectivity index is 0.000000176. The van der Waals surface area contributed by atoms with E-state index >= 15 is 0 Å². The first-order chi connectivity index (χ1) is 49.0. The second kappa shape index (κ2) is 32.0. The lowest BCUT2D eigenvalue weighted by atomic mass is 9.65. The SMILES string of the molecule is CN(C(=O)OC(C)(C)C)c1ccc(-c2ccc(C(=O)Nc3nc4ccccc4n3C3CC4(CCN(C(=O)OC(C)(C)C)C4)C3)s2)cn1.CN(C(=O)OC(C)(C)C)c1ccc(-c2cccs2)cn1.CNc1ccc(-c2ccc(C(=O)Nc3nc4ccccc4n3C3CC4(CCNC4)C3)s2)cn1.Cl.O=C=O. The summed E-state index contributed by atoms with van der Waals surface area (Å²) in [5.41, 5.74) is 5.48. The summed E-state index contributed by atoms with van der Waals surface area (Å²) in [5.74, 6) is 2.64. The van der Waals surface area contributed by atoms with E-state index in [4.69, 9.17) is 33.8 Å². The first-order valence-corrected chi connectivity index (χ1v) is 36.5. The molecule has 0 bridgehead atoms. The van der Waals surface area contributed by atoms with Crippen LogP contribution in [0, 0.1) is 10.8 Å². The molecule has 10 heterocycles. The highest BCUT2D eigenvalue weighted by Gasteiger charge is 2.52. The lowest BCUT2D eigenvalue weighted by Gasteiger charge is -2.46. The molecule has 14 rings (SSSR count). The van der Waals surface area contributed by atoms with Gasteiger partial charge in [0.05, 0.1) is 31.8 Å². The van der Waals surface area contributed by atoms with Crippen LogP contribution in [0.3, 0.4) is 0 Å². The summed E-state index contributed by atoms with van der Waals surface area (Å²) in [6.07, 6.45) is 10.6. The van der Waals surface area contributed by atoms with Crippen LogP contribution in [0.2, 0.25) is 0 Å². The molecule has 546 valence electrons. The van der Waals surface area contributed by atoms with E-state index in [1.165, 1.54) is 38.9 Å². The standard InChI is InChI=1S/C35H42N6O5S.C25H26N6OS.C15H18N2O2S.CO2.ClH/c1-33(2,3)45-31(43)39(7)28-15-12-22(20-36-28)26-13-14-27(47-26)29(42)38-30-37-24-10-8-9-11-25(24)41(30)23-18-35(19-23)16-17-40(21-35)32(44)46-34(4,5)6;1-26-22-9-6-16(14-28-22)20-7-8-21(33-20)23(32)30-24-29-18-4-2-3-5-19(18)31(24)17-12-25(13-17)10-11-27-15-25;1-15(2,3)19-14(18)17(4)13-8-7-11(10-16-13)12-6-5-9-20-12;2-1-3;/h8-15,20,23H,16-19,21H2,1-7H3,(H,37,38,42);2-9,14,17,27H,10-13,15H2,1H3,(H,26,28)(H,29,30,32);5-10H,1-4H3;;1H. The third-order valence-electron chi connectivity index (χ3n) is 18.0. The summed E-state index contributed by atoms with van der Waals surface area (Å²) < 4.78 is 20.7. The van der Waals surface area contributed by atoms with Gasteiger partial charge in [0.25, 0.3) is 11.8 Å². The van der Waals surface area contributed by atoms with Crippen LogP contribution in [0.15, 0.2) is 145 Å². The fourth-order valence-electron chi connectivity index (χ4n) is 13.1. The third-order valence-corrected chi connectivity index (χ3v) is 21.2. The number of amides is 5. The van der Waals surface area contributed by atoms with E-state index in [0.717, 1.165) is 104 Å². The van der Waals surface area contributed by atoms with Gasteiger partial charge in [0.15, 0.2) is 0 Å². The zero-order valence-electron chi connectivity index (χ0n) is 60.3. The number of hydrogen-bond donors (Lipinski definition) is 4. The van der Waals surface area contributed by atoms with E-state index in [9.17, 15) is 24.0 Å². The van der Waals surface area contributed by atoms with Crippen LogP contribution in [0.1, 0.15) is 132 Å². The lowest BCUT2D eigenvalue weighted by molar-refractivity contribution is -0.191. The average Bonchev–Trinajstić information content (AvgIpc) is 1.57. The number of anilines is 5. The molecule has 0 atom stereocenters. The Morgan fingerprint density at radius 1 is 0.567 bits per heavy atom. The molecular formula is C76H87ClN14O10S3. The average molecular weight is 1490 g/mol. The molecule has 4 N–H and O–H groups in total. The summed E-state index contributed by atoms with van der Waals surface area (Å²) in [6.45, 7) is 20.2. The molecule has 2 saturated carbocycles. The molecule has 2 aromatic carbocycles. The van der Waals surface area contributed by atoms with Gasteiger partial charge in [-0.25, -0.2) is 39.3 Å². The Morgan fingerprint density at radius 3 is 1.44 bits per heavy atom. The predicted octanol–water partition coefficient (Wildman–Crippen LogP) is 16.5. The number of aromatic nitrogens is 7. The number of carbonyl (C=O) groups excluding carboxylic acids is 7. The van der Waals surface area contributed by atoms with Crippen LogP contribution in [0.4, 0.5) is 43.7 Å². The largest absolute Gasteiger partial charge is 0.444 e. The van der Waals surface area contributed by atoms with E-state index in [0.29, 0.717) is 57.8 Å². The van der Waals surface area contributed by atoms with Gasteiger partial charge in [-0.3, -0.25) is 30.0 Å². The summed E-state index contributed by atoms with van der Waals surface area (Å²) in [6, 6.07) is 39.5. The number of thiophene rings is 3. The number of halogens is 1. The predicted molar refractivity (Wildman–Crippen MR) is 410 cm³/mol. The van der Waals surface area contributed by atoms with Crippen molar-refractivity contribution in [2.45, 2.75) is 130 Å². The van der Waals surface area contributed by atoms with Crippen molar-refractivity contribution in [1.82, 2.24) is 44.3 Å². The highest BCUT2D eigenvalue weighted by Crippen LogP contribution is 2.56. The number of benzene rings is 2. The molecule has 4 aliphatic rings. The van der Waals surface area contributed by atoms with Gasteiger partial charge in [0.1, 0.15) is 34.3 Å². The Hall–Kier alpha value is -9.89.